The van der Waals surface area contributed by atoms with Crippen LogP contribution in [0.3, 0.4) is 0 Å². The summed E-state index contributed by atoms with van der Waals surface area (Å²) >= 11 is 1.48. The summed E-state index contributed by atoms with van der Waals surface area (Å²) < 4.78 is 7.77. The number of thioether (sulfide) groups is 1. The number of aryl methyl sites for hydroxylation is 4. The Morgan fingerprint density at radius 1 is 0.958 bits per heavy atom. The van der Waals surface area contributed by atoms with Gasteiger partial charge in [-0.05, 0) is 63.3 Å². The van der Waals surface area contributed by atoms with E-state index in [1.807, 2.05) is 55.1 Å². The van der Waals surface area contributed by atoms with Crippen molar-refractivity contribution in [3.05, 3.63) is 52.8 Å². The Labute approximate surface area is 146 Å². The second-order valence-electron chi connectivity index (χ2n) is 5.74. The molecule has 5 nitrogen and oxygen atoms in total. The molecule has 2 heterocycles. The van der Waals surface area contributed by atoms with E-state index >= 15 is 0 Å². The fourth-order valence-corrected chi connectivity index (χ4v) is 2.77. The van der Waals surface area contributed by atoms with E-state index < -0.39 is 0 Å². The van der Waals surface area contributed by atoms with Crippen LogP contribution in [0.5, 0.6) is 11.6 Å². The molecule has 0 saturated heterocycles. The van der Waals surface area contributed by atoms with Gasteiger partial charge in [0.2, 0.25) is 5.88 Å². The highest BCUT2D eigenvalue weighted by atomic mass is 32.2. The highest BCUT2D eigenvalue weighted by Crippen LogP contribution is 2.25. The monoisotopic (exact) mass is 340 g/mol. The molecule has 6 heteroatoms. The van der Waals surface area contributed by atoms with E-state index in [2.05, 4.69) is 28.9 Å². The molecule has 0 saturated carbocycles. The summed E-state index contributed by atoms with van der Waals surface area (Å²) in [6.45, 7) is 8.12. The largest absolute Gasteiger partial charge is 0.439 e. The number of nitrogens with zero attached hydrogens (tertiary/aromatic N) is 4. The number of ether oxygens (including phenoxy) is 1. The van der Waals surface area contributed by atoms with Crippen LogP contribution in [0.2, 0.25) is 0 Å². The quantitative estimate of drug-likeness (QED) is 0.520. The van der Waals surface area contributed by atoms with E-state index in [0.29, 0.717) is 16.9 Å². The number of rotatable bonds is 4. The first kappa shape index (κ1) is 16.5. The Balaban J connectivity index is 2.00. The molecule has 0 radical (unpaired) electrons. The second-order valence-corrected chi connectivity index (χ2v) is 6.51. The van der Waals surface area contributed by atoms with Crippen LogP contribution in [0.4, 0.5) is 0 Å². The first-order chi connectivity index (χ1) is 11.5. The van der Waals surface area contributed by atoms with Crippen molar-refractivity contribution in [3.8, 4) is 17.4 Å². The molecule has 0 bridgehead atoms. The summed E-state index contributed by atoms with van der Waals surface area (Å²) in [7, 11) is 0. The maximum atomic E-state index is 5.96. The molecular formula is C18H20N4OS. The van der Waals surface area contributed by atoms with Crippen molar-refractivity contribution in [2.24, 2.45) is 0 Å². The van der Waals surface area contributed by atoms with Crippen LogP contribution in [-0.4, -0.2) is 26.0 Å². The first-order valence-electron chi connectivity index (χ1n) is 7.68. The summed E-state index contributed by atoms with van der Waals surface area (Å²) in [6.07, 6.45) is 1.94. The van der Waals surface area contributed by atoms with Gasteiger partial charge in [0.25, 0.3) is 0 Å². The summed E-state index contributed by atoms with van der Waals surface area (Å²) in [5, 5.41) is 5.14. The SMILES string of the molecule is CSc1nc(Oc2ccc(C)c(C)c2)cc(-n2nc(C)cc2C)n1. The van der Waals surface area contributed by atoms with Crippen LogP contribution in [0.1, 0.15) is 22.5 Å². The van der Waals surface area contributed by atoms with Crippen molar-refractivity contribution in [1.29, 1.82) is 0 Å². The van der Waals surface area contributed by atoms with Crippen LogP contribution >= 0.6 is 11.8 Å². The molecular weight excluding hydrogens is 320 g/mol. The van der Waals surface area contributed by atoms with Gasteiger partial charge in [-0.15, -0.1) is 0 Å². The third-order valence-corrected chi connectivity index (χ3v) is 4.33. The van der Waals surface area contributed by atoms with Gasteiger partial charge in [0.05, 0.1) is 5.69 Å². The summed E-state index contributed by atoms with van der Waals surface area (Å²) in [5.41, 5.74) is 4.40. The number of hydrogen-bond donors (Lipinski definition) is 0. The average molecular weight is 340 g/mol. The smallest absolute Gasteiger partial charge is 0.225 e. The van der Waals surface area contributed by atoms with E-state index in [4.69, 9.17) is 4.74 Å². The van der Waals surface area contributed by atoms with E-state index in [-0.39, 0.29) is 0 Å². The third kappa shape index (κ3) is 3.43. The van der Waals surface area contributed by atoms with Crippen molar-refractivity contribution >= 4 is 11.8 Å². The summed E-state index contributed by atoms with van der Waals surface area (Å²) in [6, 6.07) is 9.84. The summed E-state index contributed by atoms with van der Waals surface area (Å²) in [4.78, 5) is 8.99. The number of benzene rings is 1. The normalized spacial score (nSPS) is 10.9. The van der Waals surface area contributed by atoms with Gasteiger partial charge in [0, 0.05) is 11.8 Å². The Kier molecular flexibility index (Phi) is 4.57. The lowest BCUT2D eigenvalue weighted by molar-refractivity contribution is 0.454. The zero-order valence-corrected chi connectivity index (χ0v) is 15.3. The van der Waals surface area contributed by atoms with E-state index in [1.165, 1.54) is 22.9 Å². The zero-order chi connectivity index (χ0) is 17.3. The Bertz CT molecular complexity index is 889. The van der Waals surface area contributed by atoms with Gasteiger partial charge in [-0.1, -0.05) is 17.8 Å². The van der Waals surface area contributed by atoms with E-state index in [9.17, 15) is 0 Å². The molecule has 0 spiro atoms. The zero-order valence-electron chi connectivity index (χ0n) is 14.5. The molecule has 0 aliphatic heterocycles. The minimum absolute atomic E-state index is 0.514. The molecule has 3 rings (SSSR count). The second kappa shape index (κ2) is 6.65. The fourth-order valence-electron chi connectivity index (χ4n) is 2.40. The molecule has 24 heavy (non-hydrogen) atoms. The van der Waals surface area contributed by atoms with Crippen LogP contribution in [0.15, 0.2) is 35.5 Å². The highest BCUT2D eigenvalue weighted by Gasteiger charge is 2.11. The van der Waals surface area contributed by atoms with Gasteiger partial charge < -0.3 is 4.74 Å². The predicted molar refractivity (Wildman–Crippen MR) is 96.4 cm³/mol. The van der Waals surface area contributed by atoms with E-state index in [0.717, 1.165) is 17.1 Å². The molecule has 1 aromatic carbocycles. The van der Waals surface area contributed by atoms with Gasteiger partial charge in [-0.25, -0.2) is 9.67 Å². The molecule has 3 aromatic rings. The van der Waals surface area contributed by atoms with Gasteiger partial charge in [-0.2, -0.15) is 10.1 Å². The minimum Gasteiger partial charge on any atom is -0.439 e. The molecule has 0 fully saturated rings. The minimum atomic E-state index is 0.514. The number of hydrogen-bond acceptors (Lipinski definition) is 5. The first-order valence-corrected chi connectivity index (χ1v) is 8.90. The van der Waals surface area contributed by atoms with E-state index in [1.54, 1.807) is 0 Å². The maximum absolute atomic E-state index is 5.96. The summed E-state index contributed by atoms with van der Waals surface area (Å²) in [5.74, 6) is 1.99. The van der Waals surface area contributed by atoms with Crippen LogP contribution in [0.25, 0.3) is 5.82 Å². The fraction of sp³-hybridized carbons (Fsp3) is 0.278. The topological polar surface area (TPSA) is 52.8 Å². The third-order valence-electron chi connectivity index (χ3n) is 3.78. The van der Waals surface area contributed by atoms with Gasteiger partial charge in [-0.3, -0.25) is 0 Å². The molecule has 0 aliphatic carbocycles. The van der Waals surface area contributed by atoms with Crippen LogP contribution < -0.4 is 4.74 Å². The maximum Gasteiger partial charge on any atom is 0.225 e. The van der Waals surface area contributed by atoms with Crippen molar-refractivity contribution in [3.63, 3.8) is 0 Å². The molecule has 124 valence electrons. The standard InChI is InChI=1S/C18H20N4OS/c1-11-6-7-15(8-12(11)2)23-17-10-16(19-18(20-17)24-5)22-14(4)9-13(3)21-22/h6-10H,1-5H3. The Morgan fingerprint density at radius 2 is 1.75 bits per heavy atom. The Morgan fingerprint density at radius 3 is 2.38 bits per heavy atom. The number of aromatic nitrogens is 4. The lowest BCUT2D eigenvalue weighted by Crippen LogP contribution is -2.05. The molecule has 0 aliphatic rings. The van der Waals surface area contributed by atoms with Gasteiger partial charge in [0.1, 0.15) is 5.75 Å². The van der Waals surface area contributed by atoms with Gasteiger partial charge >= 0.3 is 0 Å². The van der Waals surface area contributed by atoms with Crippen LogP contribution in [-0.2, 0) is 0 Å². The van der Waals surface area contributed by atoms with Crippen molar-refractivity contribution in [1.82, 2.24) is 19.7 Å². The Hall–Kier alpha value is -2.34. The van der Waals surface area contributed by atoms with Crippen molar-refractivity contribution in [2.45, 2.75) is 32.9 Å². The van der Waals surface area contributed by atoms with Gasteiger partial charge in [0.15, 0.2) is 11.0 Å². The van der Waals surface area contributed by atoms with Crippen molar-refractivity contribution in [2.75, 3.05) is 6.26 Å². The lowest BCUT2D eigenvalue weighted by Gasteiger charge is -2.10. The molecule has 2 aromatic heterocycles. The predicted octanol–water partition coefficient (Wildman–Crippen LogP) is 4.41. The molecule has 0 atom stereocenters. The molecule has 0 N–H and O–H groups in total. The highest BCUT2D eigenvalue weighted by molar-refractivity contribution is 7.98. The van der Waals surface area contributed by atoms with Crippen molar-refractivity contribution < 1.29 is 4.74 Å². The lowest BCUT2D eigenvalue weighted by atomic mass is 10.1. The molecule has 0 amide bonds. The van der Waals surface area contributed by atoms with Crippen LogP contribution in [0, 0.1) is 27.7 Å². The molecule has 0 unspecified atom stereocenters. The average Bonchev–Trinajstić information content (AvgIpc) is 2.89.